The van der Waals surface area contributed by atoms with Crippen LogP contribution in [0.3, 0.4) is 0 Å². The van der Waals surface area contributed by atoms with Gasteiger partial charge in [0, 0.05) is 36.5 Å². The predicted molar refractivity (Wildman–Crippen MR) is 120 cm³/mol. The Balaban J connectivity index is 1.21. The molecular formula is C22H27N7O2. The molecule has 2 heterocycles. The van der Waals surface area contributed by atoms with Crippen LogP contribution in [-0.2, 0) is 4.79 Å². The number of amides is 1. The zero-order valence-electron chi connectivity index (χ0n) is 17.3. The van der Waals surface area contributed by atoms with Crippen LogP contribution >= 0.6 is 0 Å². The number of fused-ring (bicyclic) bond motifs is 1. The Hall–Kier alpha value is -3.36. The minimum absolute atomic E-state index is 0.194. The largest absolute Gasteiger partial charge is 0.370 e. The highest BCUT2D eigenvalue weighted by Crippen LogP contribution is 2.42. The van der Waals surface area contributed by atoms with Gasteiger partial charge in [-0.15, -0.1) is 0 Å². The summed E-state index contributed by atoms with van der Waals surface area (Å²) in [5.41, 5.74) is 3.20. The SMILES string of the molecule is O=C(NCCCNc1nc(Nc2ccc3[nH]c(=O)[nH]c3c2)ncc1C1CC1)C1CCC1. The van der Waals surface area contributed by atoms with Gasteiger partial charge in [-0.3, -0.25) is 4.79 Å². The van der Waals surface area contributed by atoms with E-state index >= 15 is 0 Å². The lowest BCUT2D eigenvalue weighted by atomic mass is 9.85. The standard InChI is InChI=1S/C22H27N7O2/c30-20(14-3-1-4-14)24-10-2-9-23-19-16(13-5-6-13)12-25-21(29-19)26-15-7-8-17-18(11-15)28-22(31)27-17/h7-8,11-14H,1-6,9-10H2,(H,24,30)(H2,27,28,31)(H2,23,25,26,29). The molecule has 2 fully saturated rings. The van der Waals surface area contributed by atoms with Crippen molar-refractivity contribution in [3.8, 4) is 0 Å². The fourth-order valence-electron chi connectivity index (χ4n) is 3.85. The molecule has 0 unspecified atom stereocenters. The van der Waals surface area contributed by atoms with Gasteiger partial charge in [-0.25, -0.2) is 9.78 Å². The van der Waals surface area contributed by atoms with Crippen molar-refractivity contribution >= 4 is 34.4 Å². The van der Waals surface area contributed by atoms with Crippen LogP contribution in [0.4, 0.5) is 17.5 Å². The summed E-state index contributed by atoms with van der Waals surface area (Å²) in [4.78, 5) is 38.1. The smallest absolute Gasteiger partial charge is 0.323 e. The number of hydrogen-bond acceptors (Lipinski definition) is 6. The maximum absolute atomic E-state index is 11.9. The van der Waals surface area contributed by atoms with E-state index in [1.807, 2.05) is 24.4 Å². The lowest BCUT2D eigenvalue weighted by Crippen LogP contribution is -2.35. The van der Waals surface area contributed by atoms with Crippen molar-refractivity contribution in [3.05, 3.63) is 40.4 Å². The number of H-pyrrole nitrogens is 2. The number of benzene rings is 1. The van der Waals surface area contributed by atoms with E-state index in [1.165, 1.54) is 19.3 Å². The summed E-state index contributed by atoms with van der Waals surface area (Å²) in [6.45, 7) is 1.41. The topological polar surface area (TPSA) is 128 Å². The Morgan fingerprint density at radius 3 is 2.71 bits per heavy atom. The van der Waals surface area contributed by atoms with Gasteiger partial charge in [0.05, 0.1) is 11.0 Å². The lowest BCUT2D eigenvalue weighted by molar-refractivity contribution is -0.127. The second-order valence-corrected chi connectivity index (χ2v) is 8.44. The molecule has 1 aromatic carbocycles. The Bertz CT molecular complexity index is 1140. The van der Waals surface area contributed by atoms with E-state index in [9.17, 15) is 9.59 Å². The van der Waals surface area contributed by atoms with Gasteiger partial charge >= 0.3 is 5.69 Å². The number of carbonyl (C=O) groups excluding carboxylic acids is 1. The molecule has 2 aromatic heterocycles. The van der Waals surface area contributed by atoms with Gasteiger partial charge in [-0.2, -0.15) is 4.98 Å². The van der Waals surface area contributed by atoms with Crippen LogP contribution in [0.5, 0.6) is 0 Å². The van der Waals surface area contributed by atoms with Gasteiger partial charge in [0.15, 0.2) is 0 Å². The van der Waals surface area contributed by atoms with Crippen LogP contribution in [0.25, 0.3) is 11.0 Å². The predicted octanol–water partition coefficient (Wildman–Crippen LogP) is 2.99. The van der Waals surface area contributed by atoms with E-state index < -0.39 is 0 Å². The van der Waals surface area contributed by atoms with E-state index in [1.54, 1.807) is 0 Å². The number of hydrogen-bond donors (Lipinski definition) is 5. The molecule has 162 valence electrons. The van der Waals surface area contributed by atoms with Crippen LogP contribution in [0.2, 0.25) is 0 Å². The van der Waals surface area contributed by atoms with Gasteiger partial charge < -0.3 is 25.9 Å². The highest BCUT2D eigenvalue weighted by atomic mass is 16.2. The van der Waals surface area contributed by atoms with Crippen molar-refractivity contribution in [1.82, 2.24) is 25.3 Å². The normalized spacial score (nSPS) is 16.1. The van der Waals surface area contributed by atoms with Crippen molar-refractivity contribution in [2.45, 2.75) is 44.4 Å². The summed E-state index contributed by atoms with van der Waals surface area (Å²) in [6, 6.07) is 5.57. The number of nitrogens with zero attached hydrogens (tertiary/aromatic N) is 2. The Morgan fingerprint density at radius 1 is 1.10 bits per heavy atom. The molecule has 0 bridgehead atoms. The van der Waals surface area contributed by atoms with Crippen LogP contribution in [0.1, 0.15) is 50.0 Å². The van der Waals surface area contributed by atoms with Crippen molar-refractivity contribution in [3.63, 3.8) is 0 Å². The van der Waals surface area contributed by atoms with Crippen LogP contribution in [0.15, 0.2) is 29.2 Å². The van der Waals surface area contributed by atoms with Crippen molar-refractivity contribution in [1.29, 1.82) is 0 Å². The van der Waals surface area contributed by atoms with Crippen LogP contribution in [0, 0.1) is 5.92 Å². The summed E-state index contributed by atoms with van der Waals surface area (Å²) in [5.74, 6) is 2.30. The summed E-state index contributed by atoms with van der Waals surface area (Å²) >= 11 is 0. The van der Waals surface area contributed by atoms with Gasteiger partial charge in [0.1, 0.15) is 5.82 Å². The first kappa shape index (κ1) is 19.6. The third kappa shape index (κ3) is 4.55. The first-order chi connectivity index (χ1) is 15.2. The molecule has 2 aliphatic carbocycles. The van der Waals surface area contributed by atoms with Gasteiger partial charge in [0.2, 0.25) is 11.9 Å². The number of imidazole rings is 1. The van der Waals surface area contributed by atoms with E-state index in [2.05, 4.69) is 30.9 Å². The molecule has 2 saturated carbocycles. The van der Waals surface area contributed by atoms with Crippen LogP contribution in [-0.4, -0.2) is 38.9 Å². The van der Waals surface area contributed by atoms with Crippen molar-refractivity contribution < 1.29 is 4.79 Å². The third-order valence-corrected chi connectivity index (χ3v) is 6.03. The van der Waals surface area contributed by atoms with E-state index in [0.29, 0.717) is 18.4 Å². The van der Waals surface area contributed by atoms with Crippen molar-refractivity contribution in [2.24, 2.45) is 5.92 Å². The molecule has 0 atom stereocenters. The maximum atomic E-state index is 11.9. The molecule has 1 amide bonds. The van der Waals surface area contributed by atoms with E-state index in [4.69, 9.17) is 4.98 Å². The molecule has 3 aromatic rings. The first-order valence-electron chi connectivity index (χ1n) is 11.0. The molecule has 0 radical (unpaired) electrons. The second kappa shape index (κ2) is 8.41. The number of carbonyl (C=O) groups is 1. The lowest BCUT2D eigenvalue weighted by Gasteiger charge is -2.24. The first-order valence-corrected chi connectivity index (χ1v) is 11.0. The summed E-state index contributed by atoms with van der Waals surface area (Å²) in [6.07, 6.45) is 8.29. The van der Waals surface area contributed by atoms with Gasteiger partial charge in [0.25, 0.3) is 0 Å². The van der Waals surface area contributed by atoms with Crippen LogP contribution < -0.4 is 21.6 Å². The zero-order valence-corrected chi connectivity index (χ0v) is 17.3. The monoisotopic (exact) mass is 421 g/mol. The fraction of sp³-hybridized carbons (Fsp3) is 0.455. The second-order valence-electron chi connectivity index (χ2n) is 8.44. The molecule has 31 heavy (non-hydrogen) atoms. The molecule has 0 saturated heterocycles. The number of nitrogens with one attached hydrogen (secondary N) is 5. The molecule has 9 heteroatoms. The zero-order chi connectivity index (χ0) is 21.2. The highest BCUT2D eigenvalue weighted by Gasteiger charge is 2.28. The van der Waals surface area contributed by atoms with Gasteiger partial charge in [-0.1, -0.05) is 6.42 Å². The molecule has 9 nitrogen and oxygen atoms in total. The molecule has 2 aliphatic rings. The number of rotatable bonds is 9. The Labute approximate surface area is 179 Å². The molecule has 5 N–H and O–H groups in total. The molecule has 0 spiro atoms. The number of aromatic nitrogens is 4. The van der Waals surface area contributed by atoms with Gasteiger partial charge in [-0.05, 0) is 56.2 Å². The molecule has 0 aliphatic heterocycles. The Morgan fingerprint density at radius 2 is 1.94 bits per heavy atom. The molecule has 5 rings (SSSR count). The summed E-state index contributed by atoms with van der Waals surface area (Å²) < 4.78 is 0. The quantitative estimate of drug-likeness (QED) is 0.338. The highest BCUT2D eigenvalue weighted by molar-refractivity contribution is 5.80. The molecular weight excluding hydrogens is 394 g/mol. The van der Waals surface area contributed by atoms with Crippen molar-refractivity contribution in [2.75, 3.05) is 23.7 Å². The maximum Gasteiger partial charge on any atom is 0.323 e. The Kier molecular flexibility index (Phi) is 5.31. The van der Waals surface area contributed by atoms with E-state index in [-0.39, 0.29) is 17.5 Å². The minimum Gasteiger partial charge on any atom is -0.370 e. The third-order valence-electron chi connectivity index (χ3n) is 6.03. The average Bonchev–Trinajstić information content (AvgIpc) is 3.47. The summed E-state index contributed by atoms with van der Waals surface area (Å²) in [5, 5.41) is 9.68. The minimum atomic E-state index is -0.229. The fourth-order valence-corrected chi connectivity index (χ4v) is 3.85. The number of anilines is 3. The summed E-state index contributed by atoms with van der Waals surface area (Å²) in [7, 11) is 0. The average molecular weight is 422 g/mol. The van der Waals surface area contributed by atoms with E-state index in [0.717, 1.165) is 53.9 Å². The number of aromatic amines is 2.